The zero-order valence-electron chi connectivity index (χ0n) is 17.8. The molecule has 0 spiro atoms. The molecule has 31 heavy (non-hydrogen) atoms. The molecule has 2 amide bonds. The molecule has 0 aliphatic carbocycles. The molecule has 0 aliphatic heterocycles. The topological polar surface area (TPSA) is 93.2 Å². The minimum Gasteiger partial charge on any atom is -0.497 e. The zero-order valence-corrected chi connectivity index (χ0v) is 19.4. The molecular weight excluding hydrogens is 432 g/mol. The highest BCUT2D eigenvalue weighted by Gasteiger charge is 2.19. The molecule has 2 heterocycles. The van der Waals surface area contributed by atoms with Crippen molar-refractivity contribution in [3.05, 3.63) is 56.7 Å². The van der Waals surface area contributed by atoms with Crippen molar-refractivity contribution in [1.82, 2.24) is 15.5 Å². The molecule has 1 unspecified atom stereocenters. The molecule has 9 heteroatoms. The lowest BCUT2D eigenvalue weighted by Crippen LogP contribution is -2.31. The summed E-state index contributed by atoms with van der Waals surface area (Å²) in [5, 5.41) is 17.1. The average Bonchev–Trinajstić information content (AvgIpc) is 3.45. The van der Waals surface area contributed by atoms with E-state index in [1.807, 2.05) is 11.4 Å². The summed E-state index contributed by atoms with van der Waals surface area (Å²) in [6.45, 7) is 4.20. The Hall–Kier alpha value is -2.78. The van der Waals surface area contributed by atoms with Crippen LogP contribution in [0.2, 0.25) is 0 Å². The first kappa shape index (κ1) is 22.9. The number of carbonyl (C=O) groups excluding carboxylic acids is 2. The van der Waals surface area contributed by atoms with Gasteiger partial charge >= 0.3 is 0 Å². The van der Waals surface area contributed by atoms with E-state index in [0.717, 1.165) is 10.8 Å². The summed E-state index contributed by atoms with van der Waals surface area (Å²) in [5.41, 5.74) is 0.657. The Balaban J connectivity index is 1.46. The van der Waals surface area contributed by atoms with Crippen molar-refractivity contribution in [3.63, 3.8) is 0 Å². The first-order valence-electron chi connectivity index (χ1n) is 10.1. The average molecular weight is 459 g/mol. The fourth-order valence-electron chi connectivity index (χ4n) is 2.99. The van der Waals surface area contributed by atoms with Crippen LogP contribution in [-0.4, -0.2) is 29.1 Å². The lowest BCUT2D eigenvalue weighted by molar-refractivity contribution is -0.122. The van der Waals surface area contributed by atoms with Gasteiger partial charge in [0.2, 0.25) is 10.9 Å². The van der Waals surface area contributed by atoms with Gasteiger partial charge in [0, 0.05) is 23.4 Å². The molecule has 164 valence electrons. The number of hydrogen-bond donors (Lipinski definition) is 2. The van der Waals surface area contributed by atoms with Gasteiger partial charge in [0.15, 0.2) is 0 Å². The number of amides is 2. The minimum atomic E-state index is -0.303. The Kier molecular flexibility index (Phi) is 8.13. The Bertz CT molecular complexity index is 985. The molecule has 0 aliphatic rings. The molecule has 0 saturated carbocycles. The van der Waals surface area contributed by atoms with Crippen LogP contribution in [0.15, 0.2) is 41.8 Å². The number of aromatic nitrogens is 2. The van der Waals surface area contributed by atoms with Gasteiger partial charge in [-0.15, -0.1) is 21.5 Å². The van der Waals surface area contributed by atoms with Crippen molar-refractivity contribution in [2.45, 2.75) is 39.2 Å². The maximum Gasteiger partial charge on any atom is 0.286 e. The molecule has 0 fully saturated rings. The smallest absolute Gasteiger partial charge is 0.286 e. The summed E-state index contributed by atoms with van der Waals surface area (Å²) in [5.74, 6) is 0.754. The third-order valence-electron chi connectivity index (χ3n) is 4.64. The number of thiophene rings is 1. The molecule has 7 nitrogen and oxygen atoms in total. The molecule has 0 radical (unpaired) electrons. The first-order valence-corrected chi connectivity index (χ1v) is 11.8. The second-order valence-electron chi connectivity index (χ2n) is 7.34. The number of aryl methyl sites for hydroxylation is 1. The standard InChI is InChI=1S/C22H26N4O3S2/c1-14(2)20(17-6-5-13-30-17)24-18(27)7-4-8-19-25-26-22(31-19)21(28)23-15-9-11-16(29-3)12-10-15/h5-6,9-14,20H,4,7-8H2,1-3H3,(H,23,28)(H,24,27). The van der Waals surface area contributed by atoms with E-state index in [1.54, 1.807) is 42.7 Å². The Morgan fingerprint density at radius 3 is 2.55 bits per heavy atom. The van der Waals surface area contributed by atoms with Gasteiger partial charge in [-0.25, -0.2) is 0 Å². The van der Waals surface area contributed by atoms with Crippen LogP contribution >= 0.6 is 22.7 Å². The second-order valence-corrected chi connectivity index (χ2v) is 9.38. The van der Waals surface area contributed by atoms with Crippen LogP contribution in [0.5, 0.6) is 5.75 Å². The number of anilines is 1. The Labute approximate surface area is 189 Å². The highest BCUT2D eigenvalue weighted by Crippen LogP contribution is 2.26. The summed E-state index contributed by atoms with van der Waals surface area (Å²) in [6.07, 6.45) is 1.66. The number of methoxy groups -OCH3 is 1. The molecule has 0 saturated heterocycles. The highest BCUT2D eigenvalue weighted by molar-refractivity contribution is 7.13. The number of nitrogens with zero attached hydrogens (tertiary/aromatic N) is 2. The van der Waals surface area contributed by atoms with Gasteiger partial charge in [-0.3, -0.25) is 9.59 Å². The van der Waals surface area contributed by atoms with Gasteiger partial charge in [-0.1, -0.05) is 31.3 Å². The minimum absolute atomic E-state index is 0.0223. The third kappa shape index (κ3) is 6.60. The summed E-state index contributed by atoms with van der Waals surface area (Å²) in [6, 6.07) is 11.1. The van der Waals surface area contributed by atoms with Crippen molar-refractivity contribution in [2.75, 3.05) is 12.4 Å². The van der Waals surface area contributed by atoms with Gasteiger partial charge in [-0.05, 0) is 48.1 Å². The lowest BCUT2D eigenvalue weighted by Gasteiger charge is -2.21. The SMILES string of the molecule is COc1ccc(NC(=O)c2nnc(CCCC(=O)NC(c3cccs3)C(C)C)s2)cc1. The van der Waals surface area contributed by atoms with Crippen molar-refractivity contribution < 1.29 is 14.3 Å². The van der Waals surface area contributed by atoms with E-state index in [2.05, 4.69) is 40.7 Å². The van der Waals surface area contributed by atoms with Crippen LogP contribution in [0.1, 0.15) is 52.4 Å². The number of nitrogens with one attached hydrogen (secondary N) is 2. The van der Waals surface area contributed by atoms with Gasteiger partial charge in [0.1, 0.15) is 10.8 Å². The predicted octanol–water partition coefficient (Wildman–Crippen LogP) is 4.70. The van der Waals surface area contributed by atoms with Gasteiger partial charge in [-0.2, -0.15) is 0 Å². The predicted molar refractivity (Wildman–Crippen MR) is 124 cm³/mol. The maximum atomic E-state index is 12.4. The molecule has 3 rings (SSSR count). The van der Waals surface area contributed by atoms with Crippen LogP contribution in [0.4, 0.5) is 5.69 Å². The van der Waals surface area contributed by atoms with Crippen molar-refractivity contribution in [3.8, 4) is 5.75 Å². The maximum absolute atomic E-state index is 12.4. The summed E-state index contributed by atoms with van der Waals surface area (Å²) >= 11 is 2.90. The molecule has 3 aromatic rings. The fourth-order valence-corrected chi connectivity index (χ4v) is 4.71. The van der Waals surface area contributed by atoms with Crippen molar-refractivity contribution in [1.29, 1.82) is 0 Å². The fraction of sp³-hybridized carbons (Fsp3) is 0.364. The molecule has 2 aromatic heterocycles. The summed E-state index contributed by atoms with van der Waals surface area (Å²) in [4.78, 5) is 25.9. The van der Waals surface area contributed by atoms with Crippen molar-refractivity contribution in [2.24, 2.45) is 5.92 Å². The first-order chi connectivity index (χ1) is 15.0. The molecule has 1 aromatic carbocycles. The summed E-state index contributed by atoms with van der Waals surface area (Å²) in [7, 11) is 1.59. The van der Waals surface area contributed by atoms with E-state index in [0.29, 0.717) is 35.9 Å². The largest absolute Gasteiger partial charge is 0.497 e. The van der Waals surface area contributed by atoms with E-state index in [9.17, 15) is 9.59 Å². The highest BCUT2D eigenvalue weighted by atomic mass is 32.1. The van der Waals surface area contributed by atoms with Crippen molar-refractivity contribution >= 4 is 40.2 Å². The number of rotatable bonds is 10. The number of benzene rings is 1. The molecule has 1 atom stereocenters. The lowest BCUT2D eigenvalue weighted by atomic mass is 10.0. The van der Waals surface area contributed by atoms with E-state index in [-0.39, 0.29) is 17.9 Å². The second kappa shape index (κ2) is 11.0. The van der Waals surface area contributed by atoms with Crippen LogP contribution in [-0.2, 0) is 11.2 Å². The molecular formula is C22H26N4O3S2. The zero-order chi connectivity index (χ0) is 22.2. The van der Waals surface area contributed by atoms with Crippen LogP contribution in [0, 0.1) is 5.92 Å². The van der Waals surface area contributed by atoms with Gasteiger partial charge < -0.3 is 15.4 Å². The molecule has 2 N–H and O–H groups in total. The number of carbonyl (C=O) groups is 2. The van der Waals surface area contributed by atoms with E-state index >= 15 is 0 Å². The van der Waals surface area contributed by atoms with Gasteiger partial charge in [0.25, 0.3) is 5.91 Å². The number of ether oxygens (including phenoxy) is 1. The quantitative estimate of drug-likeness (QED) is 0.459. The van der Waals surface area contributed by atoms with Gasteiger partial charge in [0.05, 0.1) is 13.2 Å². The summed E-state index contributed by atoms with van der Waals surface area (Å²) < 4.78 is 5.11. The normalized spacial score (nSPS) is 11.9. The van der Waals surface area contributed by atoms with Crippen LogP contribution < -0.4 is 15.4 Å². The van der Waals surface area contributed by atoms with E-state index < -0.39 is 0 Å². The van der Waals surface area contributed by atoms with Crippen LogP contribution in [0.3, 0.4) is 0 Å². The number of hydrogen-bond acceptors (Lipinski definition) is 7. The monoisotopic (exact) mass is 458 g/mol. The van der Waals surface area contributed by atoms with Crippen LogP contribution in [0.25, 0.3) is 0 Å². The van der Waals surface area contributed by atoms with E-state index in [1.165, 1.54) is 16.2 Å². The molecule has 0 bridgehead atoms. The van der Waals surface area contributed by atoms with E-state index in [4.69, 9.17) is 4.74 Å². The Morgan fingerprint density at radius 2 is 1.90 bits per heavy atom. The third-order valence-corrected chi connectivity index (χ3v) is 6.57. The Morgan fingerprint density at radius 1 is 1.13 bits per heavy atom.